The first-order valence-corrected chi connectivity index (χ1v) is 52.8. The molecule has 0 bridgehead atoms. The maximum atomic E-state index is 13.6. The fourth-order valence-electron chi connectivity index (χ4n) is 19.2. The maximum Gasteiger partial charge on any atom is 0.313 e. The fraction of sp³-hybridized carbons (Fsp3) is 0.750. The minimum absolute atomic E-state index is 0.0111. The van der Waals surface area contributed by atoms with Gasteiger partial charge in [0.25, 0.3) is 0 Å². The number of rotatable bonds is 63. The van der Waals surface area contributed by atoms with Gasteiger partial charge in [-0.3, -0.25) is 96.1 Å². The van der Waals surface area contributed by atoms with Crippen molar-refractivity contribution in [1.82, 2.24) is 49.3 Å². The number of hydrogen-bond donors (Lipinski definition) is 1. The molecular formula is C108H172N10O28. The molecule has 0 saturated carbocycles. The number of nitrogens with one attached hydrogen (secondary N) is 1. The van der Waals surface area contributed by atoms with E-state index in [0.717, 1.165) is 90.1 Å². The molecular weight excluding hydrogens is 1890 g/mol. The molecule has 7 heterocycles. The lowest BCUT2D eigenvalue weighted by molar-refractivity contribution is -0.162. The van der Waals surface area contributed by atoms with Gasteiger partial charge in [0.05, 0.1) is 41.6 Å². The third-order valence-corrected chi connectivity index (χ3v) is 28.2. The number of aromatic nitrogens is 3. The number of amides is 6. The van der Waals surface area contributed by atoms with Gasteiger partial charge in [-0.25, -0.2) is 4.98 Å². The van der Waals surface area contributed by atoms with Crippen LogP contribution in [0, 0.1) is 33.5 Å². The van der Waals surface area contributed by atoms with Crippen LogP contribution in [0.4, 0.5) is 0 Å². The Bertz CT molecular complexity index is 4510. The molecule has 13 unspecified atom stereocenters. The van der Waals surface area contributed by atoms with Gasteiger partial charge in [-0.2, -0.15) is 0 Å². The lowest BCUT2D eigenvalue weighted by Gasteiger charge is -2.36. The average Bonchev–Trinajstić information content (AvgIpc) is 1.28. The summed E-state index contributed by atoms with van der Waals surface area (Å²) in [6.07, 6.45) is 26.7. The number of esters is 9. The molecule has 146 heavy (non-hydrogen) atoms. The Hall–Kier alpha value is -11.0. The molecule has 822 valence electrons. The molecule has 2 aromatic heterocycles. The summed E-state index contributed by atoms with van der Waals surface area (Å²) in [5.41, 5.74) is -2.27. The van der Waals surface area contributed by atoms with Crippen molar-refractivity contribution in [3.63, 3.8) is 0 Å². The number of carbonyl (C=O) groups is 19. The Morgan fingerprint density at radius 3 is 1.33 bits per heavy atom. The van der Waals surface area contributed by atoms with E-state index in [2.05, 4.69) is 31.7 Å². The summed E-state index contributed by atoms with van der Waals surface area (Å²) in [4.78, 5) is 249. The molecule has 5 saturated heterocycles. The van der Waals surface area contributed by atoms with E-state index in [-0.39, 0.29) is 198 Å². The number of ketones is 4. The van der Waals surface area contributed by atoms with Crippen molar-refractivity contribution >= 4 is 112 Å². The van der Waals surface area contributed by atoms with Gasteiger partial charge in [-0.05, 0) is 274 Å². The highest BCUT2D eigenvalue weighted by molar-refractivity contribution is 5.96. The van der Waals surface area contributed by atoms with Crippen LogP contribution in [0.15, 0.2) is 43.2 Å². The lowest BCUT2D eigenvalue weighted by atomic mass is 9.72. The molecule has 0 radical (unpaired) electrons. The Labute approximate surface area is 864 Å². The third kappa shape index (κ3) is 47.1. The lowest BCUT2D eigenvalue weighted by Crippen LogP contribution is -2.44. The molecule has 13 atom stereocenters. The van der Waals surface area contributed by atoms with Crippen LogP contribution in [0.3, 0.4) is 0 Å². The van der Waals surface area contributed by atoms with Crippen LogP contribution < -0.4 is 5.32 Å². The monoisotopic (exact) mass is 2060 g/mol. The number of hydrogen-bond acceptors (Lipinski definition) is 31. The SMILES string of the molecule is CCC(C)(CC(CC(C)N1CCCC1=O)C(=O)OCCOC(=O)CC(C)=O)C(=O)OCCN1CCCC1=O.CCC(C)(CCC(C)(CC(C)N1CCCC1=O)C(=O)OCCOC(=O)CC(C)=O)C(=O)NCCCN(C)C.CCC(CC(COC(=O)CC(C)=O)CC(C)N1CCCCCC1=O)OC(C)=O.CCC(CCC(CCC(C)(CC(C)N1CCCC1=O)C(=O)OCCOC(=O)CC(C)=O)c1ccncc1)n1ccnc1. The second-order valence-electron chi connectivity index (χ2n) is 41.3. The van der Waals surface area contributed by atoms with Crippen LogP contribution in [0.2, 0.25) is 0 Å². The maximum absolute atomic E-state index is 13.6. The van der Waals surface area contributed by atoms with Crippen LogP contribution in [-0.2, 0) is 134 Å². The Morgan fingerprint density at radius 2 is 0.877 bits per heavy atom. The second-order valence-corrected chi connectivity index (χ2v) is 41.3. The van der Waals surface area contributed by atoms with Crippen molar-refractivity contribution < 1.29 is 134 Å². The van der Waals surface area contributed by atoms with E-state index in [0.29, 0.717) is 148 Å². The van der Waals surface area contributed by atoms with Crippen molar-refractivity contribution in [3.8, 4) is 0 Å². The first kappa shape index (κ1) is 127. The number of ether oxygens (including phenoxy) is 9. The van der Waals surface area contributed by atoms with Crippen molar-refractivity contribution in [2.45, 2.75) is 372 Å². The van der Waals surface area contributed by atoms with Gasteiger partial charge >= 0.3 is 53.7 Å². The molecule has 0 spiro atoms. The van der Waals surface area contributed by atoms with Crippen molar-refractivity contribution in [3.05, 3.63) is 48.8 Å². The van der Waals surface area contributed by atoms with Crippen LogP contribution in [0.25, 0.3) is 0 Å². The predicted octanol–water partition coefficient (Wildman–Crippen LogP) is 12.8. The number of nitrogens with zero attached hydrogens (tertiary/aromatic N) is 9. The summed E-state index contributed by atoms with van der Waals surface area (Å²) >= 11 is 0. The summed E-state index contributed by atoms with van der Waals surface area (Å²) in [5, 5.41) is 3.05. The standard InChI is InChI=1S/C32H46N4O6.C28H49N3O7.C27H42N2O9.C21H35NO6/c1-5-28(35-18-16-34-23-35)9-8-26(27-11-14-33-15-12-27)10-13-32(4,22-24(2)36-17-6-7-29(36)38)31(40)42-20-19-41-30(39)21-25(3)37;1-8-27(4,25(35)29-14-10-15-30(6)7)12-13-28(5,20-21(2)31-16-9-11-23(31)33)26(36)38-18-17-37-24(34)19-22(3)32;1-5-27(4,26(35)38-13-12-28-10-6-8-22(28)31)18-21(16-19(2)29-11-7-9-23(29)32)25(34)37-15-14-36-24(33)17-20(3)30;1-5-19(28-17(4)24)13-18(14-27-21(26)12-16(3)23)11-15(2)22-10-8-6-7-9-20(22)25/h11-12,14-16,18,23-24,26,28H,5-10,13,17,19-22H2,1-4H3;21H,8-20H2,1-7H3,(H,29,35);19,21H,5-18H2,1-4H3;15,18-19H,5-14H2,1-4H3. The van der Waals surface area contributed by atoms with Crippen molar-refractivity contribution in [2.24, 2.45) is 33.5 Å². The van der Waals surface area contributed by atoms with E-state index in [1.807, 2.05) is 123 Å². The Balaban J connectivity index is 0.000000409. The minimum Gasteiger partial charge on any atom is -0.465 e. The molecule has 5 aliphatic heterocycles. The molecule has 38 nitrogen and oxygen atoms in total. The first-order valence-electron chi connectivity index (χ1n) is 52.8. The molecule has 5 aliphatic rings. The van der Waals surface area contributed by atoms with Gasteiger partial charge in [0.15, 0.2) is 0 Å². The largest absolute Gasteiger partial charge is 0.465 e. The zero-order valence-electron chi connectivity index (χ0n) is 90.8. The van der Waals surface area contributed by atoms with E-state index in [1.165, 1.54) is 40.2 Å². The summed E-state index contributed by atoms with van der Waals surface area (Å²) < 4.78 is 49.8. The number of likely N-dealkylation sites (tertiary alicyclic amines) is 5. The summed E-state index contributed by atoms with van der Waals surface area (Å²) in [5.74, 6) is -5.98. The topological polar surface area (TPSA) is 470 Å². The summed E-state index contributed by atoms with van der Waals surface area (Å²) in [6.45, 7) is 34.3. The van der Waals surface area contributed by atoms with E-state index in [1.54, 1.807) is 35.3 Å². The van der Waals surface area contributed by atoms with Gasteiger partial charge in [0.1, 0.15) is 101 Å². The smallest absolute Gasteiger partial charge is 0.313 e. The van der Waals surface area contributed by atoms with Crippen LogP contribution in [0.5, 0.6) is 0 Å². The van der Waals surface area contributed by atoms with Gasteiger partial charge in [0.2, 0.25) is 35.4 Å². The van der Waals surface area contributed by atoms with Crippen molar-refractivity contribution in [2.75, 3.05) is 119 Å². The number of pyridine rings is 1. The Kier molecular flexibility index (Phi) is 57.9. The van der Waals surface area contributed by atoms with Crippen LogP contribution in [-0.4, -0.2) is 306 Å². The normalized spacial score (nSPS) is 17.7. The molecule has 1 N–H and O–H groups in total. The quantitative estimate of drug-likeness (QED) is 0.0278. The van der Waals surface area contributed by atoms with Crippen LogP contribution >= 0.6 is 0 Å². The minimum atomic E-state index is -0.985. The number of carbonyl (C=O) groups excluding carboxylic acids is 19. The third-order valence-electron chi connectivity index (χ3n) is 28.2. The Morgan fingerprint density at radius 1 is 0.438 bits per heavy atom. The zero-order chi connectivity index (χ0) is 109. The summed E-state index contributed by atoms with van der Waals surface area (Å²) in [7, 11) is 3.98. The predicted molar refractivity (Wildman–Crippen MR) is 542 cm³/mol. The molecule has 6 amide bonds. The average molecular weight is 2060 g/mol. The summed E-state index contributed by atoms with van der Waals surface area (Å²) in [6, 6.07) is 3.92. The molecule has 5 fully saturated rings. The molecule has 0 aliphatic carbocycles. The van der Waals surface area contributed by atoms with Gasteiger partial charge in [0, 0.05) is 139 Å². The number of Topliss-reactive ketones (excluding diaryl/α,β-unsaturated/α-hetero) is 4. The molecule has 0 aromatic carbocycles. The van der Waals surface area contributed by atoms with E-state index >= 15 is 0 Å². The second kappa shape index (κ2) is 66.4. The molecule has 2 aromatic rings. The highest BCUT2D eigenvalue weighted by Crippen LogP contribution is 2.43. The first-order chi connectivity index (χ1) is 69.0. The van der Waals surface area contributed by atoms with E-state index in [9.17, 15) is 91.1 Å². The molecule has 38 heteroatoms. The van der Waals surface area contributed by atoms with E-state index < -0.39 is 69.4 Å². The van der Waals surface area contributed by atoms with Crippen LogP contribution in [0.1, 0.15) is 347 Å². The highest BCUT2D eigenvalue weighted by atomic mass is 16.6. The highest BCUT2D eigenvalue weighted by Gasteiger charge is 2.46. The van der Waals surface area contributed by atoms with Gasteiger partial charge in [-0.15, -0.1) is 0 Å². The fourth-order valence-corrected chi connectivity index (χ4v) is 19.2. The number of imidazole rings is 1. The van der Waals surface area contributed by atoms with E-state index in [4.69, 9.17) is 42.6 Å². The van der Waals surface area contributed by atoms with Gasteiger partial charge in [-0.1, -0.05) is 41.0 Å². The zero-order valence-corrected chi connectivity index (χ0v) is 90.8. The van der Waals surface area contributed by atoms with Gasteiger partial charge < -0.3 is 81.9 Å². The van der Waals surface area contributed by atoms with Crippen molar-refractivity contribution in [1.29, 1.82) is 0 Å². The molecule has 7 rings (SSSR count).